The fourth-order valence-corrected chi connectivity index (χ4v) is 5.74. The molecular formula is C26H30FNO9S. The number of halogens is 1. The van der Waals surface area contributed by atoms with Crippen LogP contribution >= 0.6 is 0 Å². The molecule has 0 spiro atoms. The van der Waals surface area contributed by atoms with Gasteiger partial charge in [-0.05, 0) is 24.6 Å². The molecule has 0 saturated carbocycles. The quantitative estimate of drug-likeness (QED) is 0.342. The SMILES string of the molecule is CC(=O)OC[C@H]1OC(F)[C@H](N(Cc2ccccc2)S(=O)(=O)c2ccc(C)cc2)[C@@H](OC(C)=O)[C@@H]1OC(C)=O. The molecule has 0 amide bonds. The minimum atomic E-state index is -4.42. The summed E-state index contributed by atoms with van der Waals surface area (Å²) >= 11 is 0. The zero-order valence-electron chi connectivity index (χ0n) is 21.4. The van der Waals surface area contributed by atoms with Gasteiger partial charge in [0.05, 0.1) is 4.90 Å². The molecule has 0 aromatic heterocycles. The monoisotopic (exact) mass is 551 g/mol. The first-order valence-corrected chi connectivity index (χ1v) is 13.2. The average Bonchev–Trinajstić information content (AvgIpc) is 2.84. The van der Waals surface area contributed by atoms with E-state index in [0.717, 1.165) is 30.6 Å². The smallest absolute Gasteiger partial charge is 0.303 e. The number of sulfonamides is 1. The van der Waals surface area contributed by atoms with Gasteiger partial charge in [-0.2, -0.15) is 4.31 Å². The van der Waals surface area contributed by atoms with Crippen LogP contribution in [0, 0.1) is 6.92 Å². The van der Waals surface area contributed by atoms with Crippen LogP contribution in [-0.4, -0.2) is 67.9 Å². The number of esters is 3. The number of carbonyl (C=O) groups is 3. The second-order valence-corrected chi connectivity index (χ2v) is 10.7. The summed E-state index contributed by atoms with van der Waals surface area (Å²) in [5, 5.41) is 0. The molecule has 1 unspecified atom stereocenters. The molecule has 2 aromatic rings. The highest BCUT2D eigenvalue weighted by Crippen LogP contribution is 2.35. The van der Waals surface area contributed by atoms with Gasteiger partial charge in [0, 0.05) is 27.3 Å². The van der Waals surface area contributed by atoms with Crippen LogP contribution in [-0.2, 0) is 49.9 Å². The molecule has 5 atom stereocenters. The van der Waals surface area contributed by atoms with Crippen molar-refractivity contribution in [3.63, 3.8) is 0 Å². The van der Waals surface area contributed by atoms with Gasteiger partial charge in [-0.15, -0.1) is 0 Å². The van der Waals surface area contributed by atoms with Crippen molar-refractivity contribution < 1.29 is 46.1 Å². The first kappa shape index (κ1) is 29.2. The standard InChI is InChI=1S/C26H30FNO9S/c1-16-10-12-21(13-11-16)38(32,33)28(14-20-8-6-5-7-9-20)23-25(36-19(4)31)24(35-18(3)30)22(37-26(23)27)15-34-17(2)29/h5-13,22-26H,14-15H2,1-4H3/t22-,23-,24-,25-,26?/m1/s1. The second-order valence-electron chi connectivity index (χ2n) is 8.82. The Hall–Kier alpha value is -3.35. The van der Waals surface area contributed by atoms with Crippen molar-refractivity contribution in [1.29, 1.82) is 0 Å². The van der Waals surface area contributed by atoms with Crippen LogP contribution < -0.4 is 0 Å². The second kappa shape index (κ2) is 12.5. The molecule has 1 fully saturated rings. The Morgan fingerprint density at radius 2 is 1.47 bits per heavy atom. The van der Waals surface area contributed by atoms with E-state index in [2.05, 4.69) is 0 Å². The number of aryl methyl sites for hydroxylation is 1. The van der Waals surface area contributed by atoms with E-state index < -0.39 is 65.2 Å². The Morgan fingerprint density at radius 1 is 0.895 bits per heavy atom. The van der Waals surface area contributed by atoms with Crippen LogP contribution in [0.2, 0.25) is 0 Å². The number of carbonyl (C=O) groups excluding carboxylic acids is 3. The van der Waals surface area contributed by atoms with Crippen molar-refractivity contribution >= 4 is 27.9 Å². The normalized spacial score (nSPS) is 23.5. The molecule has 3 rings (SSSR count). The Morgan fingerprint density at radius 3 is 2.03 bits per heavy atom. The molecule has 0 bridgehead atoms. The van der Waals surface area contributed by atoms with Gasteiger partial charge in [0.2, 0.25) is 16.4 Å². The van der Waals surface area contributed by atoms with Crippen LogP contribution in [0.5, 0.6) is 0 Å². The molecule has 10 nitrogen and oxygen atoms in total. The highest BCUT2D eigenvalue weighted by molar-refractivity contribution is 7.89. The summed E-state index contributed by atoms with van der Waals surface area (Å²) < 4.78 is 65.7. The van der Waals surface area contributed by atoms with Crippen LogP contribution in [0.1, 0.15) is 31.9 Å². The number of rotatable bonds is 9. The third-order valence-corrected chi connectivity index (χ3v) is 7.65. The van der Waals surface area contributed by atoms with Gasteiger partial charge in [-0.25, -0.2) is 12.8 Å². The van der Waals surface area contributed by atoms with Gasteiger partial charge in [0.25, 0.3) is 0 Å². The van der Waals surface area contributed by atoms with Crippen LogP contribution in [0.4, 0.5) is 4.39 Å². The highest BCUT2D eigenvalue weighted by Gasteiger charge is 2.55. The van der Waals surface area contributed by atoms with Gasteiger partial charge in [-0.3, -0.25) is 14.4 Å². The summed E-state index contributed by atoms with van der Waals surface area (Å²) in [5.74, 6) is -2.40. The topological polar surface area (TPSA) is 126 Å². The zero-order chi connectivity index (χ0) is 28.0. The maximum Gasteiger partial charge on any atom is 0.303 e. The molecule has 1 saturated heterocycles. The average molecular weight is 552 g/mol. The van der Waals surface area contributed by atoms with Crippen molar-refractivity contribution in [1.82, 2.24) is 4.31 Å². The summed E-state index contributed by atoms with van der Waals surface area (Å²) in [6.45, 7) is 4.20. The maximum atomic E-state index is 15.9. The summed E-state index contributed by atoms with van der Waals surface area (Å²) in [4.78, 5) is 35.4. The van der Waals surface area contributed by atoms with Crippen molar-refractivity contribution in [2.45, 2.75) is 69.8 Å². The first-order chi connectivity index (χ1) is 17.9. The van der Waals surface area contributed by atoms with Crippen molar-refractivity contribution in [2.24, 2.45) is 0 Å². The Kier molecular flexibility index (Phi) is 9.58. The van der Waals surface area contributed by atoms with Gasteiger partial charge in [-0.1, -0.05) is 48.0 Å². The lowest BCUT2D eigenvalue weighted by atomic mass is 9.96. The molecular weight excluding hydrogens is 521 g/mol. The molecule has 38 heavy (non-hydrogen) atoms. The van der Waals surface area contributed by atoms with Crippen molar-refractivity contribution in [2.75, 3.05) is 6.61 Å². The molecule has 0 N–H and O–H groups in total. The predicted octanol–water partition coefficient (Wildman–Crippen LogP) is 2.68. The van der Waals surface area contributed by atoms with Crippen LogP contribution in [0.15, 0.2) is 59.5 Å². The third-order valence-electron chi connectivity index (χ3n) is 5.80. The van der Waals surface area contributed by atoms with E-state index in [1.807, 2.05) is 0 Å². The van der Waals surface area contributed by atoms with E-state index in [4.69, 9.17) is 18.9 Å². The minimum absolute atomic E-state index is 0.126. The Balaban J connectivity index is 2.15. The predicted molar refractivity (Wildman–Crippen MR) is 132 cm³/mol. The number of nitrogens with zero attached hydrogens (tertiary/aromatic N) is 1. The summed E-state index contributed by atoms with van der Waals surface area (Å²) in [5.41, 5.74) is 1.33. The molecule has 0 aliphatic carbocycles. The zero-order valence-corrected chi connectivity index (χ0v) is 22.2. The third kappa shape index (κ3) is 7.15. The van der Waals surface area contributed by atoms with Crippen LogP contribution in [0.25, 0.3) is 0 Å². The van der Waals surface area contributed by atoms with Crippen molar-refractivity contribution in [3.8, 4) is 0 Å². The van der Waals surface area contributed by atoms with Gasteiger partial charge >= 0.3 is 17.9 Å². The molecule has 1 heterocycles. The van der Waals surface area contributed by atoms with Gasteiger partial charge in [0.15, 0.2) is 12.2 Å². The molecule has 0 radical (unpaired) electrons. The number of ether oxygens (including phenoxy) is 4. The molecule has 206 valence electrons. The largest absolute Gasteiger partial charge is 0.463 e. The van der Waals surface area contributed by atoms with Gasteiger partial charge in [0.1, 0.15) is 18.8 Å². The summed E-state index contributed by atoms with van der Waals surface area (Å²) in [7, 11) is -4.42. The van der Waals surface area contributed by atoms with E-state index in [1.165, 1.54) is 12.1 Å². The number of benzene rings is 2. The van der Waals surface area contributed by atoms with E-state index in [-0.39, 0.29) is 11.4 Å². The molecule has 2 aromatic carbocycles. The highest BCUT2D eigenvalue weighted by atomic mass is 32.2. The Bertz CT molecular complexity index is 1240. The van der Waals surface area contributed by atoms with Crippen LogP contribution in [0.3, 0.4) is 0 Å². The maximum absolute atomic E-state index is 15.9. The molecule has 12 heteroatoms. The van der Waals surface area contributed by atoms with E-state index in [0.29, 0.717) is 5.56 Å². The lowest BCUT2D eigenvalue weighted by molar-refractivity contribution is -0.255. The number of alkyl halides is 1. The lowest BCUT2D eigenvalue weighted by Crippen LogP contribution is -2.65. The number of hydrogen-bond acceptors (Lipinski definition) is 9. The van der Waals surface area contributed by atoms with E-state index in [9.17, 15) is 22.8 Å². The lowest BCUT2D eigenvalue weighted by Gasteiger charge is -2.46. The fraction of sp³-hybridized carbons (Fsp3) is 0.423. The molecule has 1 aliphatic rings. The van der Waals surface area contributed by atoms with E-state index >= 15 is 4.39 Å². The summed E-state index contributed by atoms with van der Waals surface area (Å²) in [6, 6.07) is 12.6. The number of hydrogen-bond donors (Lipinski definition) is 0. The molecule has 1 aliphatic heterocycles. The Labute approximate surface area is 220 Å². The summed E-state index contributed by atoms with van der Waals surface area (Å²) in [6.07, 6.45) is -6.85. The van der Waals surface area contributed by atoms with E-state index in [1.54, 1.807) is 49.4 Å². The van der Waals surface area contributed by atoms with Gasteiger partial charge < -0.3 is 18.9 Å². The van der Waals surface area contributed by atoms with Crippen molar-refractivity contribution in [3.05, 3.63) is 65.7 Å². The fourth-order valence-electron chi connectivity index (χ4n) is 4.13. The first-order valence-electron chi connectivity index (χ1n) is 11.8. The minimum Gasteiger partial charge on any atom is -0.463 e.